The number of aliphatic hydroxyl groups excluding tert-OH is 1. The van der Waals surface area contributed by atoms with Crippen molar-refractivity contribution in [2.75, 3.05) is 0 Å². The molecule has 0 aliphatic heterocycles. The van der Waals surface area contributed by atoms with Crippen LogP contribution in [0.1, 0.15) is 6.92 Å². The molecule has 12 heavy (non-hydrogen) atoms. The van der Waals surface area contributed by atoms with Gasteiger partial charge < -0.3 is 9.84 Å². The zero-order chi connectivity index (χ0) is 9.94. The smallest absolute Gasteiger partial charge is 0.361 e. The highest BCUT2D eigenvalue weighted by atomic mass is 32.2. The minimum absolute atomic E-state index is 0.842. The lowest BCUT2D eigenvalue weighted by molar-refractivity contribution is -0.161. The molecule has 0 fully saturated rings. The van der Waals surface area contributed by atoms with Crippen LogP contribution in [-0.2, 0) is 24.4 Å². The van der Waals surface area contributed by atoms with E-state index in [0.717, 1.165) is 6.92 Å². The molecule has 0 aromatic heterocycles. The summed E-state index contributed by atoms with van der Waals surface area (Å²) >= 11 is 0. The molecule has 0 heterocycles. The van der Waals surface area contributed by atoms with Crippen molar-refractivity contribution in [3.05, 3.63) is 0 Å². The maximum absolute atomic E-state index is 10.4. The van der Waals surface area contributed by atoms with Gasteiger partial charge in [-0.1, -0.05) is 0 Å². The Hall–Kier alpha value is -0.990. The Labute approximate surface area is 67.7 Å². The number of esters is 2. The molecule has 7 nitrogen and oxygen atoms in total. The van der Waals surface area contributed by atoms with E-state index >= 15 is 0 Å². The molecule has 0 spiro atoms. The van der Waals surface area contributed by atoms with Crippen LogP contribution in [0.25, 0.3) is 0 Å². The Morgan fingerprint density at radius 3 is 2.08 bits per heavy atom. The van der Waals surface area contributed by atoms with E-state index in [2.05, 4.69) is 4.74 Å². The van der Waals surface area contributed by atoms with Crippen LogP contribution >= 0.6 is 0 Å². The van der Waals surface area contributed by atoms with Crippen molar-refractivity contribution >= 4 is 22.1 Å². The summed E-state index contributed by atoms with van der Waals surface area (Å²) in [5.74, 6) is -2.81. The van der Waals surface area contributed by atoms with Gasteiger partial charge in [-0.2, -0.15) is 8.42 Å². The Morgan fingerprint density at radius 1 is 1.42 bits per heavy atom. The Bertz CT molecular complexity index is 289. The molecule has 0 aliphatic carbocycles. The fourth-order valence-electron chi connectivity index (χ4n) is 0.314. The van der Waals surface area contributed by atoms with Gasteiger partial charge in [-0.05, 0) is 0 Å². The highest BCUT2D eigenvalue weighted by molar-refractivity contribution is 7.87. The number of aliphatic hydroxyl groups is 1. The molecule has 0 amide bonds. The number of carbonyl (C=O) groups is 2. The fourth-order valence-corrected chi connectivity index (χ4v) is 0.605. The van der Waals surface area contributed by atoms with E-state index in [9.17, 15) is 18.0 Å². The van der Waals surface area contributed by atoms with Gasteiger partial charge in [0.25, 0.3) is 5.44 Å². The van der Waals surface area contributed by atoms with Gasteiger partial charge in [0.05, 0.1) is 0 Å². The first kappa shape index (κ1) is 11.0. The van der Waals surface area contributed by atoms with Gasteiger partial charge >= 0.3 is 22.1 Å². The van der Waals surface area contributed by atoms with Crippen molar-refractivity contribution in [3.63, 3.8) is 0 Å². The van der Waals surface area contributed by atoms with E-state index < -0.39 is 27.5 Å². The third kappa shape index (κ3) is 3.42. The zero-order valence-electron chi connectivity index (χ0n) is 5.92. The van der Waals surface area contributed by atoms with E-state index in [1.165, 1.54) is 0 Å². The maximum Gasteiger partial charge on any atom is 0.361 e. The van der Waals surface area contributed by atoms with Crippen LogP contribution in [0.3, 0.4) is 0 Å². The van der Waals surface area contributed by atoms with E-state index in [0.29, 0.717) is 0 Å². The lowest BCUT2D eigenvalue weighted by Crippen LogP contribution is -2.32. The topological polar surface area (TPSA) is 118 Å². The normalized spacial score (nSPS) is 13.6. The summed E-state index contributed by atoms with van der Waals surface area (Å²) < 4.78 is 31.8. The molecule has 8 heteroatoms. The molecule has 0 rings (SSSR count). The van der Waals surface area contributed by atoms with Gasteiger partial charge in [0.15, 0.2) is 0 Å². The molecule has 1 atom stereocenters. The number of hydrogen-bond donors (Lipinski definition) is 2. The Kier molecular flexibility index (Phi) is 3.31. The van der Waals surface area contributed by atoms with Crippen molar-refractivity contribution in [2.45, 2.75) is 12.4 Å². The van der Waals surface area contributed by atoms with Crippen molar-refractivity contribution in [3.8, 4) is 0 Å². The molecule has 1 unspecified atom stereocenters. The molecule has 0 aromatic carbocycles. The highest BCUT2D eigenvalue weighted by Crippen LogP contribution is 1.97. The van der Waals surface area contributed by atoms with Gasteiger partial charge in [-0.25, -0.2) is 4.79 Å². The van der Waals surface area contributed by atoms with Crippen LogP contribution in [-0.4, -0.2) is 35.5 Å². The molecular weight excluding hydrogens is 192 g/mol. The molecular formula is C4H6O7S. The van der Waals surface area contributed by atoms with E-state index in [4.69, 9.17) is 9.66 Å². The summed E-state index contributed by atoms with van der Waals surface area (Å²) in [6, 6.07) is 0. The van der Waals surface area contributed by atoms with Crippen LogP contribution in [0.5, 0.6) is 0 Å². The molecule has 0 radical (unpaired) electrons. The molecule has 2 N–H and O–H groups in total. The van der Waals surface area contributed by atoms with Gasteiger partial charge in [0.2, 0.25) is 0 Å². The van der Waals surface area contributed by atoms with Crippen molar-refractivity contribution < 1.29 is 32.4 Å². The molecule has 70 valence electrons. The first-order valence-corrected chi connectivity index (χ1v) is 4.12. The Morgan fingerprint density at radius 2 is 1.83 bits per heavy atom. The van der Waals surface area contributed by atoms with Crippen LogP contribution in [0, 0.1) is 0 Å². The summed E-state index contributed by atoms with van der Waals surface area (Å²) in [5, 5.41) is 8.44. The zero-order valence-corrected chi connectivity index (χ0v) is 6.74. The van der Waals surface area contributed by atoms with Gasteiger partial charge in [-0.3, -0.25) is 9.35 Å². The molecule has 0 aliphatic rings. The van der Waals surface area contributed by atoms with Crippen LogP contribution in [0.2, 0.25) is 0 Å². The van der Waals surface area contributed by atoms with E-state index in [1.807, 2.05) is 0 Å². The van der Waals surface area contributed by atoms with Crippen LogP contribution < -0.4 is 0 Å². The third-order valence-corrected chi connectivity index (χ3v) is 1.48. The number of ether oxygens (including phenoxy) is 1. The average molecular weight is 198 g/mol. The molecule has 0 bridgehead atoms. The second-order valence-corrected chi connectivity index (χ2v) is 3.26. The average Bonchev–Trinajstić information content (AvgIpc) is 1.82. The second kappa shape index (κ2) is 3.61. The maximum atomic E-state index is 10.4. The van der Waals surface area contributed by atoms with Crippen LogP contribution in [0.15, 0.2) is 0 Å². The van der Waals surface area contributed by atoms with Crippen LogP contribution in [0.4, 0.5) is 0 Å². The summed E-state index contributed by atoms with van der Waals surface area (Å²) in [4.78, 5) is 20.4. The van der Waals surface area contributed by atoms with Gasteiger partial charge in [0, 0.05) is 6.92 Å². The second-order valence-electron chi connectivity index (χ2n) is 1.78. The number of rotatable bonds is 2. The van der Waals surface area contributed by atoms with Crippen molar-refractivity contribution in [2.24, 2.45) is 0 Å². The summed E-state index contributed by atoms with van der Waals surface area (Å²) in [6.07, 6.45) is 0. The third-order valence-electron chi connectivity index (χ3n) is 0.728. The minimum atomic E-state index is -4.92. The molecule has 0 saturated heterocycles. The summed E-state index contributed by atoms with van der Waals surface area (Å²) in [7, 11) is -4.92. The Balaban J connectivity index is 4.42. The monoisotopic (exact) mass is 198 g/mol. The predicted molar refractivity (Wildman–Crippen MR) is 34.3 cm³/mol. The quantitative estimate of drug-likeness (QED) is 0.308. The summed E-state index contributed by atoms with van der Waals surface area (Å²) in [6.45, 7) is 0.842. The van der Waals surface area contributed by atoms with Gasteiger partial charge in [-0.15, -0.1) is 0 Å². The number of carbonyl (C=O) groups excluding carboxylic acids is 2. The predicted octanol–water partition coefficient (Wildman–Crippen LogP) is -1.72. The minimum Gasteiger partial charge on any atom is -0.391 e. The van der Waals surface area contributed by atoms with Crippen molar-refractivity contribution in [1.82, 2.24) is 0 Å². The fraction of sp³-hybridized carbons (Fsp3) is 0.500. The molecule has 0 saturated carbocycles. The van der Waals surface area contributed by atoms with E-state index in [1.54, 1.807) is 0 Å². The first-order valence-electron chi connectivity index (χ1n) is 2.61. The standard InChI is InChI=1S/C4H6O7S/c1-2(5)11-3(6)4(7)12(8,9)10/h4,7H,1H3,(H,8,9,10). The summed E-state index contributed by atoms with van der Waals surface area (Å²) in [5.41, 5.74) is -2.73. The van der Waals surface area contributed by atoms with E-state index in [-0.39, 0.29) is 0 Å². The molecule has 0 aromatic rings. The largest absolute Gasteiger partial charge is 0.391 e. The van der Waals surface area contributed by atoms with Crippen molar-refractivity contribution in [1.29, 1.82) is 0 Å². The highest BCUT2D eigenvalue weighted by Gasteiger charge is 2.30. The lowest BCUT2D eigenvalue weighted by Gasteiger charge is -2.03. The first-order chi connectivity index (χ1) is 5.25. The SMILES string of the molecule is CC(=O)OC(=O)C(O)S(=O)(=O)O. The lowest BCUT2D eigenvalue weighted by atomic mass is 10.7. The van der Waals surface area contributed by atoms with Gasteiger partial charge in [0.1, 0.15) is 0 Å². The number of hydrogen-bond acceptors (Lipinski definition) is 6.